The van der Waals surface area contributed by atoms with Crippen LogP contribution in [-0.4, -0.2) is 12.9 Å². The number of rotatable bonds is 6. The zero-order valence-corrected chi connectivity index (χ0v) is 19.0. The van der Waals surface area contributed by atoms with Crippen molar-refractivity contribution in [3.63, 3.8) is 0 Å². The molecule has 0 saturated heterocycles. The number of amidine groups is 1. The highest BCUT2D eigenvalue weighted by molar-refractivity contribution is 5.95. The molecule has 0 fully saturated rings. The topological polar surface area (TPSA) is 36.4 Å². The maximum Gasteiger partial charge on any atom is 0.126 e. The number of nitrogens with one attached hydrogen (secondary N) is 2. The Hall–Kier alpha value is -2.03. The first-order chi connectivity index (χ1) is 12.5. The van der Waals surface area contributed by atoms with Gasteiger partial charge in [-0.25, -0.2) is 0 Å². The summed E-state index contributed by atoms with van der Waals surface area (Å²) in [5.74, 6) is 2.44. The third-order valence-electron chi connectivity index (χ3n) is 4.80. The molecule has 0 aliphatic heterocycles. The van der Waals surface area contributed by atoms with Crippen molar-refractivity contribution in [3.05, 3.63) is 53.9 Å². The van der Waals surface area contributed by atoms with Gasteiger partial charge in [-0.15, -0.1) is 0 Å². The molecule has 0 heterocycles. The number of hydrogen-bond donors (Lipinski definition) is 2. The fraction of sp³-hybridized carbons (Fsp3) is 0.542. The van der Waals surface area contributed by atoms with Crippen molar-refractivity contribution in [1.82, 2.24) is 5.32 Å². The molecule has 0 unspecified atom stereocenters. The van der Waals surface area contributed by atoms with E-state index in [1.165, 1.54) is 24.0 Å². The number of anilines is 1. The van der Waals surface area contributed by atoms with Gasteiger partial charge in [-0.1, -0.05) is 84.2 Å². The van der Waals surface area contributed by atoms with Crippen molar-refractivity contribution < 1.29 is 0 Å². The van der Waals surface area contributed by atoms with Crippen molar-refractivity contribution in [2.45, 2.75) is 68.2 Å². The summed E-state index contributed by atoms with van der Waals surface area (Å²) < 4.78 is 0. The van der Waals surface area contributed by atoms with Crippen LogP contribution >= 0.6 is 0 Å². The summed E-state index contributed by atoms with van der Waals surface area (Å²) in [5, 5.41) is 6.43. The Bertz CT molecular complexity index is 612. The van der Waals surface area contributed by atoms with Gasteiger partial charge in [-0.05, 0) is 43.4 Å². The lowest BCUT2D eigenvalue weighted by Gasteiger charge is -2.20. The van der Waals surface area contributed by atoms with Crippen LogP contribution in [0.5, 0.6) is 0 Å². The summed E-state index contributed by atoms with van der Waals surface area (Å²) in [6.45, 7) is 21.5. The molecule has 2 N–H and O–H groups in total. The fourth-order valence-corrected chi connectivity index (χ4v) is 1.86. The number of nitrogens with zero attached hydrogens (tertiary/aromatic N) is 1. The van der Waals surface area contributed by atoms with Crippen LogP contribution in [0.4, 0.5) is 5.69 Å². The van der Waals surface area contributed by atoms with Crippen LogP contribution in [0.1, 0.15) is 66.9 Å². The van der Waals surface area contributed by atoms with E-state index < -0.39 is 0 Å². The third kappa shape index (κ3) is 11.3. The Balaban J connectivity index is 0.000000972. The van der Waals surface area contributed by atoms with Crippen molar-refractivity contribution in [1.29, 1.82) is 0 Å². The van der Waals surface area contributed by atoms with Crippen LogP contribution in [0, 0.1) is 18.3 Å². The molecule has 0 aliphatic carbocycles. The molecule has 0 saturated carbocycles. The molecule has 0 amide bonds. The van der Waals surface area contributed by atoms with Gasteiger partial charge in [0, 0.05) is 12.7 Å². The summed E-state index contributed by atoms with van der Waals surface area (Å²) in [6.07, 6.45) is 4.72. The second-order valence-electron chi connectivity index (χ2n) is 8.20. The first-order valence-corrected chi connectivity index (χ1v) is 9.98. The zero-order valence-electron chi connectivity index (χ0n) is 19.0. The van der Waals surface area contributed by atoms with Crippen LogP contribution in [0.2, 0.25) is 0 Å². The summed E-state index contributed by atoms with van der Waals surface area (Å²) in [4.78, 5) is 4.27. The highest BCUT2D eigenvalue weighted by Gasteiger charge is 2.13. The maximum atomic E-state index is 4.27. The largest absolute Gasteiger partial charge is 0.342 e. The second kappa shape index (κ2) is 12.4. The van der Waals surface area contributed by atoms with Crippen LogP contribution in [0.3, 0.4) is 0 Å². The van der Waals surface area contributed by atoms with Gasteiger partial charge in [0.15, 0.2) is 0 Å². The molecule has 0 radical (unpaired) electrons. The van der Waals surface area contributed by atoms with E-state index in [0.717, 1.165) is 17.4 Å². The molecule has 0 bridgehead atoms. The summed E-state index contributed by atoms with van der Waals surface area (Å²) in [6, 6.07) is 8.19. The lowest BCUT2D eigenvalue weighted by molar-refractivity contribution is 0.504. The van der Waals surface area contributed by atoms with Crippen LogP contribution in [0.25, 0.3) is 0 Å². The Kier molecular flexibility index (Phi) is 11.4. The number of hydrogen-bond acceptors (Lipinski definition) is 2. The molecule has 0 spiro atoms. The number of allylic oxidation sites excluding steroid dienone is 1. The average molecular weight is 372 g/mol. The van der Waals surface area contributed by atoms with E-state index in [1.54, 1.807) is 7.05 Å². The van der Waals surface area contributed by atoms with E-state index >= 15 is 0 Å². The van der Waals surface area contributed by atoms with Gasteiger partial charge in [-0.3, -0.25) is 4.99 Å². The Morgan fingerprint density at radius 1 is 1.15 bits per heavy atom. The predicted molar refractivity (Wildman–Crippen MR) is 123 cm³/mol. The average Bonchev–Trinajstić information content (AvgIpc) is 2.61. The van der Waals surface area contributed by atoms with E-state index in [4.69, 9.17) is 0 Å². The SMILES string of the molecule is C=C(NC(/C=C(\C)C(C)(C)C)=NC)Nc1ccc(C)cc1.CCC(C)CC. The molecular weight excluding hydrogens is 330 g/mol. The minimum Gasteiger partial charge on any atom is -0.342 e. The number of benzene rings is 1. The Morgan fingerprint density at radius 3 is 2.04 bits per heavy atom. The Labute approximate surface area is 168 Å². The standard InChI is InChI=1S/C18H27N3.C6H14/c1-13-8-10-16(11-9-13)20-15(3)21-17(19-7)12-14(2)18(4,5)6;1-4-6(3)5-2/h8-12,20H,3H2,1-2,4-7H3,(H,19,21);6H,4-5H2,1-3H3/b14-12+;. The molecule has 1 aromatic carbocycles. The van der Waals surface area contributed by atoms with Gasteiger partial charge in [0.1, 0.15) is 11.7 Å². The van der Waals surface area contributed by atoms with Crippen LogP contribution < -0.4 is 10.6 Å². The second-order valence-corrected chi connectivity index (χ2v) is 8.20. The van der Waals surface area contributed by atoms with Crippen LogP contribution in [-0.2, 0) is 0 Å². The molecule has 3 nitrogen and oxygen atoms in total. The first-order valence-electron chi connectivity index (χ1n) is 9.98. The van der Waals surface area contributed by atoms with Crippen LogP contribution in [0.15, 0.2) is 53.3 Å². The Morgan fingerprint density at radius 2 is 1.67 bits per heavy atom. The molecule has 3 heteroatoms. The van der Waals surface area contributed by atoms with Gasteiger partial charge < -0.3 is 10.6 Å². The van der Waals surface area contributed by atoms with E-state index in [2.05, 4.69) is 95.8 Å². The van der Waals surface area contributed by atoms with E-state index in [0.29, 0.717) is 5.82 Å². The maximum absolute atomic E-state index is 4.27. The lowest BCUT2D eigenvalue weighted by Crippen LogP contribution is -2.25. The van der Waals surface area contributed by atoms with Gasteiger partial charge in [0.2, 0.25) is 0 Å². The molecule has 1 rings (SSSR count). The quantitative estimate of drug-likeness (QED) is 0.420. The minimum atomic E-state index is 0.128. The predicted octanol–water partition coefficient (Wildman–Crippen LogP) is 6.93. The normalized spacial score (nSPS) is 12.4. The molecule has 0 atom stereocenters. The summed E-state index contributed by atoms with van der Waals surface area (Å²) >= 11 is 0. The highest BCUT2D eigenvalue weighted by Crippen LogP contribution is 2.24. The van der Waals surface area contributed by atoms with Crippen molar-refractivity contribution in [3.8, 4) is 0 Å². The minimum absolute atomic E-state index is 0.128. The first kappa shape index (κ1) is 25.0. The van der Waals surface area contributed by atoms with E-state index in [-0.39, 0.29) is 5.41 Å². The van der Waals surface area contributed by atoms with E-state index in [1.807, 2.05) is 12.1 Å². The smallest absolute Gasteiger partial charge is 0.126 e. The third-order valence-corrected chi connectivity index (χ3v) is 4.80. The van der Waals surface area contributed by atoms with E-state index in [9.17, 15) is 0 Å². The van der Waals surface area contributed by atoms with Crippen molar-refractivity contribution in [2.24, 2.45) is 16.3 Å². The highest BCUT2D eigenvalue weighted by atomic mass is 15.1. The number of aliphatic imine (C=N–C) groups is 1. The van der Waals surface area contributed by atoms with Gasteiger partial charge >= 0.3 is 0 Å². The summed E-state index contributed by atoms with van der Waals surface area (Å²) in [7, 11) is 1.77. The van der Waals surface area contributed by atoms with Gasteiger partial charge in [-0.2, -0.15) is 0 Å². The van der Waals surface area contributed by atoms with Gasteiger partial charge in [0.05, 0.1) is 0 Å². The molecule has 0 aromatic heterocycles. The molecular formula is C24H41N3. The fourth-order valence-electron chi connectivity index (χ4n) is 1.86. The molecule has 0 aliphatic rings. The number of aryl methyl sites for hydroxylation is 1. The monoisotopic (exact) mass is 371 g/mol. The molecule has 152 valence electrons. The van der Waals surface area contributed by atoms with Crippen molar-refractivity contribution >= 4 is 11.5 Å². The van der Waals surface area contributed by atoms with Crippen molar-refractivity contribution in [2.75, 3.05) is 12.4 Å². The summed E-state index contributed by atoms with van der Waals surface area (Å²) in [5.41, 5.74) is 3.63. The molecule has 1 aromatic rings. The lowest BCUT2D eigenvalue weighted by atomic mass is 9.87. The zero-order chi connectivity index (χ0) is 21.0. The molecule has 27 heavy (non-hydrogen) atoms. The van der Waals surface area contributed by atoms with Gasteiger partial charge in [0.25, 0.3) is 0 Å².